The van der Waals surface area contributed by atoms with Crippen LogP contribution < -0.4 is 10.6 Å². The van der Waals surface area contributed by atoms with E-state index in [4.69, 9.17) is 23.2 Å². The van der Waals surface area contributed by atoms with Crippen LogP contribution in [0.2, 0.25) is 10.0 Å². The molecular weight excluding hydrogens is 445 g/mol. The minimum absolute atomic E-state index is 0.0469. The van der Waals surface area contributed by atoms with Crippen LogP contribution in [0.1, 0.15) is 35.7 Å². The van der Waals surface area contributed by atoms with Crippen molar-refractivity contribution in [3.8, 4) is 0 Å². The zero-order valence-electron chi connectivity index (χ0n) is 16.7. The van der Waals surface area contributed by atoms with Crippen LogP contribution in [0.25, 0.3) is 0 Å². The van der Waals surface area contributed by atoms with Crippen LogP contribution in [0, 0.1) is 12.8 Å². The van der Waals surface area contributed by atoms with Gasteiger partial charge in [-0.05, 0) is 63.5 Å². The average Bonchev–Trinajstić information content (AvgIpc) is 2.72. The molecule has 9 heteroatoms. The summed E-state index contributed by atoms with van der Waals surface area (Å²) in [4.78, 5) is 12.4. The first kappa shape index (κ1) is 22.7. The molecule has 2 N–H and O–H groups in total. The summed E-state index contributed by atoms with van der Waals surface area (Å²) in [7, 11) is -4.03. The molecule has 1 aliphatic heterocycles. The number of aryl methyl sites for hydroxylation is 1. The molecule has 6 nitrogen and oxygen atoms in total. The van der Waals surface area contributed by atoms with E-state index in [0.29, 0.717) is 11.3 Å². The Labute approximate surface area is 186 Å². The molecule has 0 unspecified atom stereocenters. The number of hydrogen-bond acceptors (Lipinski definition) is 4. The van der Waals surface area contributed by atoms with Gasteiger partial charge in [-0.1, -0.05) is 41.4 Å². The van der Waals surface area contributed by atoms with Gasteiger partial charge in [-0.3, -0.25) is 4.79 Å². The number of hydrogen-bond donors (Lipinski definition) is 2. The largest absolute Gasteiger partial charge is 0.321 e. The van der Waals surface area contributed by atoms with Crippen LogP contribution in [0.15, 0.2) is 45.7 Å². The molecule has 2 aromatic rings. The number of carbonyl (C=O) groups is 1. The zero-order chi connectivity index (χ0) is 21.9. The van der Waals surface area contributed by atoms with Crippen molar-refractivity contribution < 1.29 is 13.2 Å². The number of piperidine rings is 1. The third-order valence-corrected chi connectivity index (χ3v) is 7.58. The third-order valence-electron chi connectivity index (χ3n) is 5.16. The maximum atomic E-state index is 12.8. The molecule has 1 fully saturated rings. The van der Waals surface area contributed by atoms with E-state index in [2.05, 4.69) is 15.0 Å². The van der Waals surface area contributed by atoms with Crippen molar-refractivity contribution in [1.29, 1.82) is 0 Å². The van der Waals surface area contributed by atoms with Gasteiger partial charge < -0.3 is 10.6 Å². The SMILES string of the molecule is CC(=NS(=O)(=O)c1ccc(NC(=O)c2ccccc2C)c(Cl)c1Cl)C1CCNCC1. The molecule has 30 heavy (non-hydrogen) atoms. The number of carbonyl (C=O) groups excluding carboxylic acids is 1. The molecular formula is C21H23Cl2N3O3S. The minimum Gasteiger partial charge on any atom is -0.321 e. The van der Waals surface area contributed by atoms with Crippen LogP contribution in [-0.4, -0.2) is 33.1 Å². The maximum Gasteiger partial charge on any atom is 0.283 e. The molecule has 1 amide bonds. The first-order chi connectivity index (χ1) is 14.2. The number of halogens is 2. The standard InChI is InChI=1S/C21H23Cl2N3O3S/c1-13-5-3-4-6-16(13)21(27)25-17-7-8-18(20(23)19(17)22)30(28,29)26-14(2)15-9-11-24-12-10-15/h3-8,15,24H,9-12H2,1-2H3,(H,25,27). The zero-order valence-corrected chi connectivity index (χ0v) is 19.0. The Balaban J connectivity index is 1.87. The number of nitrogens with zero attached hydrogens (tertiary/aromatic N) is 1. The number of nitrogens with one attached hydrogen (secondary N) is 2. The van der Waals surface area contributed by atoms with Gasteiger partial charge in [0.2, 0.25) is 0 Å². The molecule has 1 saturated heterocycles. The Bertz CT molecular complexity index is 1090. The monoisotopic (exact) mass is 467 g/mol. The van der Waals surface area contributed by atoms with E-state index in [1.807, 2.05) is 19.1 Å². The number of amides is 1. The molecule has 3 rings (SSSR count). The number of sulfonamides is 1. The predicted octanol–water partition coefficient (Wildman–Crippen LogP) is 4.70. The topological polar surface area (TPSA) is 87.6 Å². The quantitative estimate of drug-likeness (QED) is 0.623. The second kappa shape index (κ2) is 9.47. The van der Waals surface area contributed by atoms with Crippen molar-refractivity contribution in [1.82, 2.24) is 5.32 Å². The molecule has 0 bridgehead atoms. The van der Waals surface area contributed by atoms with Crippen molar-refractivity contribution in [3.05, 3.63) is 57.6 Å². The van der Waals surface area contributed by atoms with Gasteiger partial charge in [-0.25, -0.2) is 0 Å². The van der Waals surface area contributed by atoms with Crippen LogP contribution >= 0.6 is 23.2 Å². The summed E-state index contributed by atoms with van der Waals surface area (Å²) in [5.41, 5.74) is 2.08. The molecule has 2 aromatic carbocycles. The lowest BCUT2D eigenvalue weighted by Crippen LogP contribution is -2.31. The van der Waals surface area contributed by atoms with Crippen molar-refractivity contribution in [2.45, 2.75) is 31.6 Å². The highest BCUT2D eigenvalue weighted by Gasteiger charge is 2.24. The van der Waals surface area contributed by atoms with E-state index in [1.165, 1.54) is 12.1 Å². The Morgan fingerprint density at radius 2 is 1.77 bits per heavy atom. The smallest absolute Gasteiger partial charge is 0.283 e. The third kappa shape index (κ3) is 5.03. The summed E-state index contributed by atoms with van der Waals surface area (Å²) in [6, 6.07) is 9.85. The average molecular weight is 468 g/mol. The van der Waals surface area contributed by atoms with Crippen LogP contribution in [-0.2, 0) is 10.0 Å². The van der Waals surface area contributed by atoms with Gasteiger partial charge in [0.25, 0.3) is 15.9 Å². The van der Waals surface area contributed by atoms with Crippen LogP contribution in [0.4, 0.5) is 5.69 Å². The van der Waals surface area contributed by atoms with E-state index in [-0.39, 0.29) is 32.5 Å². The number of rotatable bonds is 5. The summed E-state index contributed by atoms with van der Waals surface area (Å²) in [6.07, 6.45) is 1.67. The molecule has 0 spiro atoms. The second-order valence-electron chi connectivity index (χ2n) is 7.24. The Hall–Kier alpha value is -1.93. The summed E-state index contributed by atoms with van der Waals surface area (Å²) in [5, 5.41) is 5.71. The van der Waals surface area contributed by atoms with Crippen molar-refractivity contribution >= 4 is 50.5 Å². The van der Waals surface area contributed by atoms with E-state index in [1.54, 1.807) is 19.1 Å². The highest BCUT2D eigenvalue weighted by molar-refractivity contribution is 7.90. The fourth-order valence-corrected chi connectivity index (χ4v) is 5.32. The normalized spacial score (nSPS) is 15.8. The van der Waals surface area contributed by atoms with Gasteiger partial charge in [0.15, 0.2) is 0 Å². The maximum absolute atomic E-state index is 12.8. The predicted molar refractivity (Wildman–Crippen MR) is 121 cm³/mol. The van der Waals surface area contributed by atoms with E-state index >= 15 is 0 Å². The molecule has 0 aliphatic carbocycles. The summed E-state index contributed by atoms with van der Waals surface area (Å²) >= 11 is 12.6. The van der Waals surface area contributed by atoms with Gasteiger partial charge in [-0.15, -0.1) is 0 Å². The van der Waals surface area contributed by atoms with Gasteiger partial charge in [0.1, 0.15) is 4.90 Å². The van der Waals surface area contributed by atoms with Crippen LogP contribution in [0.3, 0.4) is 0 Å². The number of anilines is 1. The fraction of sp³-hybridized carbons (Fsp3) is 0.333. The van der Waals surface area contributed by atoms with Crippen molar-refractivity contribution in [2.24, 2.45) is 10.3 Å². The molecule has 0 radical (unpaired) electrons. The molecule has 0 saturated carbocycles. The fourth-order valence-electron chi connectivity index (χ4n) is 3.40. The Morgan fingerprint density at radius 1 is 1.10 bits per heavy atom. The second-order valence-corrected chi connectivity index (χ2v) is 9.57. The van der Waals surface area contributed by atoms with E-state index in [0.717, 1.165) is 31.5 Å². The summed E-state index contributed by atoms with van der Waals surface area (Å²) in [5.74, 6) is -0.246. The summed E-state index contributed by atoms with van der Waals surface area (Å²) < 4.78 is 29.6. The van der Waals surface area contributed by atoms with Gasteiger partial charge in [-0.2, -0.15) is 12.8 Å². The van der Waals surface area contributed by atoms with Crippen molar-refractivity contribution in [3.63, 3.8) is 0 Å². The molecule has 1 heterocycles. The minimum atomic E-state index is -4.03. The first-order valence-corrected chi connectivity index (χ1v) is 11.8. The lowest BCUT2D eigenvalue weighted by atomic mass is 9.94. The van der Waals surface area contributed by atoms with Gasteiger partial charge in [0.05, 0.1) is 15.7 Å². The van der Waals surface area contributed by atoms with Crippen LogP contribution in [0.5, 0.6) is 0 Å². The number of benzene rings is 2. The molecule has 160 valence electrons. The van der Waals surface area contributed by atoms with E-state index < -0.39 is 10.0 Å². The highest BCUT2D eigenvalue weighted by atomic mass is 35.5. The lowest BCUT2D eigenvalue weighted by molar-refractivity contribution is 0.102. The molecule has 0 atom stereocenters. The highest BCUT2D eigenvalue weighted by Crippen LogP contribution is 2.36. The van der Waals surface area contributed by atoms with E-state index in [9.17, 15) is 13.2 Å². The Morgan fingerprint density at radius 3 is 2.43 bits per heavy atom. The van der Waals surface area contributed by atoms with Gasteiger partial charge >= 0.3 is 0 Å². The Kier molecular flexibility index (Phi) is 7.18. The first-order valence-electron chi connectivity index (χ1n) is 9.58. The molecule has 0 aromatic heterocycles. The van der Waals surface area contributed by atoms with Gasteiger partial charge in [0, 0.05) is 17.2 Å². The summed E-state index contributed by atoms with van der Waals surface area (Å²) in [6.45, 7) is 5.21. The molecule has 1 aliphatic rings. The lowest BCUT2D eigenvalue weighted by Gasteiger charge is -2.22. The van der Waals surface area contributed by atoms with Crippen molar-refractivity contribution in [2.75, 3.05) is 18.4 Å².